The van der Waals surface area contributed by atoms with Gasteiger partial charge in [0.2, 0.25) is 0 Å². The van der Waals surface area contributed by atoms with Crippen LogP contribution < -0.4 is 0 Å². The molecule has 0 spiro atoms. The van der Waals surface area contributed by atoms with Crippen molar-refractivity contribution in [2.45, 2.75) is 77.5 Å². The van der Waals surface area contributed by atoms with E-state index in [4.69, 9.17) is 9.47 Å². The lowest BCUT2D eigenvalue weighted by atomic mass is 10.0. The third-order valence-corrected chi connectivity index (χ3v) is 2.26. The Bertz CT molecular complexity index is 216. The second kappa shape index (κ2) is 6.27. The second-order valence-electron chi connectivity index (χ2n) is 5.52. The van der Waals surface area contributed by atoms with Gasteiger partial charge in [-0.15, -0.1) is 0 Å². The summed E-state index contributed by atoms with van der Waals surface area (Å²) in [6.45, 7) is 8.78. The summed E-state index contributed by atoms with van der Waals surface area (Å²) in [5.41, 5.74) is 0. The van der Waals surface area contributed by atoms with Crippen molar-refractivity contribution in [3.05, 3.63) is 0 Å². The summed E-state index contributed by atoms with van der Waals surface area (Å²) in [5, 5.41) is 38.7. The molecule has 0 fully saturated rings. The molecule has 18 heavy (non-hydrogen) atoms. The van der Waals surface area contributed by atoms with Crippen molar-refractivity contribution in [1.82, 2.24) is 0 Å². The van der Waals surface area contributed by atoms with E-state index >= 15 is 0 Å². The van der Waals surface area contributed by atoms with Gasteiger partial charge in [-0.2, -0.15) is 0 Å². The standard InChI is InChI=1S/C12H26O6/c1-7(17-11(3,4)15)9(13)10(14)8(2)18-12(5,6)16/h7-10,13-16H,1-6H3. The van der Waals surface area contributed by atoms with E-state index in [1.54, 1.807) is 0 Å². The van der Waals surface area contributed by atoms with Crippen molar-refractivity contribution in [2.75, 3.05) is 0 Å². The number of rotatable bonds is 7. The van der Waals surface area contributed by atoms with Gasteiger partial charge in [0, 0.05) is 0 Å². The van der Waals surface area contributed by atoms with Gasteiger partial charge in [0.1, 0.15) is 12.2 Å². The first-order valence-corrected chi connectivity index (χ1v) is 6.00. The Hall–Kier alpha value is -0.240. The first-order valence-electron chi connectivity index (χ1n) is 6.00. The minimum absolute atomic E-state index is 0.784. The summed E-state index contributed by atoms with van der Waals surface area (Å²) >= 11 is 0. The fraction of sp³-hybridized carbons (Fsp3) is 1.00. The molecule has 0 aromatic carbocycles. The SMILES string of the molecule is CC(OC(C)(C)O)C(O)C(O)C(C)OC(C)(C)O. The van der Waals surface area contributed by atoms with E-state index in [-0.39, 0.29) is 0 Å². The summed E-state index contributed by atoms with van der Waals surface area (Å²) in [6.07, 6.45) is -4.05. The average Bonchev–Trinajstić information content (AvgIpc) is 2.09. The molecule has 0 amide bonds. The van der Waals surface area contributed by atoms with Crippen LogP contribution in [0.25, 0.3) is 0 Å². The van der Waals surface area contributed by atoms with Crippen molar-refractivity contribution in [2.24, 2.45) is 0 Å². The molecule has 0 aliphatic rings. The average molecular weight is 266 g/mol. The third-order valence-electron chi connectivity index (χ3n) is 2.26. The van der Waals surface area contributed by atoms with Crippen LogP contribution in [0.2, 0.25) is 0 Å². The highest BCUT2D eigenvalue weighted by Gasteiger charge is 2.33. The number of ether oxygens (including phenoxy) is 2. The van der Waals surface area contributed by atoms with E-state index in [1.165, 1.54) is 41.5 Å². The molecule has 0 aromatic rings. The van der Waals surface area contributed by atoms with E-state index in [0.717, 1.165) is 0 Å². The van der Waals surface area contributed by atoms with Crippen molar-refractivity contribution in [3.8, 4) is 0 Å². The molecule has 0 saturated heterocycles. The number of aliphatic hydroxyl groups excluding tert-OH is 2. The molecule has 0 aromatic heterocycles. The number of aliphatic hydroxyl groups is 4. The third kappa shape index (κ3) is 7.25. The Kier molecular flexibility index (Phi) is 6.19. The van der Waals surface area contributed by atoms with Gasteiger partial charge in [0.05, 0.1) is 12.2 Å². The Morgan fingerprint density at radius 3 is 1.11 bits per heavy atom. The van der Waals surface area contributed by atoms with Crippen molar-refractivity contribution >= 4 is 0 Å². The van der Waals surface area contributed by atoms with E-state index in [1.807, 2.05) is 0 Å². The smallest absolute Gasteiger partial charge is 0.160 e. The van der Waals surface area contributed by atoms with Gasteiger partial charge in [-0.05, 0) is 41.5 Å². The van der Waals surface area contributed by atoms with E-state index in [9.17, 15) is 20.4 Å². The molecule has 0 rings (SSSR count). The molecule has 0 radical (unpaired) electrons. The van der Waals surface area contributed by atoms with Gasteiger partial charge >= 0.3 is 0 Å². The quantitative estimate of drug-likeness (QED) is 0.483. The lowest BCUT2D eigenvalue weighted by molar-refractivity contribution is -0.256. The van der Waals surface area contributed by atoms with Gasteiger partial charge in [0.25, 0.3) is 0 Å². The molecule has 4 unspecified atom stereocenters. The highest BCUT2D eigenvalue weighted by molar-refractivity contribution is 4.80. The monoisotopic (exact) mass is 266 g/mol. The maximum absolute atomic E-state index is 9.87. The molecule has 6 heteroatoms. The predicted molar refractivity (Wildman–Crippen MR) is 65.7 cm³/mol. The van der Waals surface area contributed by atoms with Crippen LogP contribution in [0.3, 0.4) is 0 Å². The largest absolute Gasteiger partial charge is 0.388 e. The lowest BCUT2D eigenvalue weighted by Crippen LogP contribution is -2.48. The van der Waals surface area contributed by atoms with Gasteiger partial charge in [-0.3, -0.25) is 0 Å². The van der Waals surface area contributed by atoms with Gasteiger partial charge in [0.15, 0.2) is 11.6 Å². The van der Waals surface area contributed by atoms with Crippen molar-refractivity contribution in [1.29, 1.82) is 0 Å². The van der Waals surface area contributed by atoms with E-state index in [0.29, 0.717) is 0 Å². The van der Waals surface area contributed by atoms with Gasteiger partial charge in [-0.25, -0.2) is 0 Å². The molecule has 0 saturated carbocycles. The highest BCUT2D eigenvalue weighted by Crippen LogP contribution is 2.18. The zero-order valence-electron chi connectivity index (χ0n) is 11.9. The van der Waals surface area contributed by atoms with Crippen molar-refractivity contribution in [3.63, 3.8) is 0 Å². The molecule has 0 heterocycles. The van der Waals surface area contributed by atoms with Crippen LogP contribution in [0.1, 0.15) is 41.5 Å². The molecule has 0 aliphatic heterocycles. The molecular weight excluding hydrogens is 240 g/mol. The van der Waals surface area contributed by atoms with Crippen LogP contribution in [0, 0.1) is 0 Å². The maximum Gasteiger partial charge on any atom is 0.160 e. The Morgan fingerprint density at radius 1 is 0.722 bits per heavy atom. The van der Waals surface area contributed by atoms with Crippen LogP contribution >= 0.6 is 0 Å². The lowest BCUT2D eigenvalue weighted by Gasteiger charge is -2.33. The molecule has 4 atom stereocenters. The summed E-state index contributed by atoms with van der Waals surface area (Å²) in [4.78, 5) is 0. The van der Waals surface area contributed by atoms with Crippen LogP contribution in [0.15, 0.2) is 0 Å². The van der Waals surface area contributed by atoms with Gasteiger partial charge < -0.3 is 29.9 Å². The Morgan fingerprint density at radius 2 is 0.944 bits per heavy atom. The number of hydrogen-bond acceptors (Lipinski definition) is 6. The van der Waals surface area contributed by atoms with Crippen LogP contribution in [0.4, 0.5) is 0 Å². The molecule has 6 nitrogen and oxygen atoms in total. The summed E-state index contributed by atoms with van der Waals surface area (Å²) in [7, 11) is 0. The molecular formula is C12H26O6. The molecule has 0 aliphatic carbocycles. The van der Waals surface area contributed by atoms with E-state index < -0.39 is 36.0 Å². The fourth-order valence-corrected chi connectivity index (χ4v) is 1.60. The summed E-state index contributed by atoms with van der Waals surface area (Å²) in [6, 6.07) is 0. The predicted octanol–water partition coefficient (Wildman–Crippen LogP) is -0.0248. The minimum Gasteiger partial charge on any atom is -0.388 e. The van der Waals surface area contributed by atoms with Crippen LogP contribution in [-0.2, 0) is 9.47 Å². The molecule has 110 valence electrons. The topological polar surface area (TPSA) is 99.4 Å². The normalized spacial score (nSPS) is 20.3. The fourth-order valence-electron chi connectivity index (χ4n) is 1.60. The van der Waals surface area contributed by atoms with Gasteiger partial charge in [-0.1, -0.05) is 0 Å². The van der Waals surface area contributed by atoms with Crippen molar-refractivity contribution < 1.29 is 29.9 Å². The summed E-state index contributed by atoms with van der Waals surface area (Å²) < 4.78 is 10.3. The van der Waals surface area contributed by atoms with E-state index in [2.05, 4.69) is 0 Å². The summed E-state index contributed by atoms with van der Waals surface area (Å²) in [5.74, 6) is -2.80. The zero-order chi connectivity index (χ0) is 14.7. The maximum atomic E-state index is 9.87. The second-order valence-corrected chi connectivity index (χ2v) is 5.52. The first kappa shape index (κ1) is 17.8. The molecule has 0 bridgehead atoms. The van der Waals surface area contributed by atoms with Crippen LogP contribution in [0.5, 0.6) is 0 Å². The minimum atomic E-state index is -1.40. The molecule has 4 N–H and O–H groups in total. The Balaban J connectivity index is 4.45. The highest BCUT2D eigenvalue weighted by atomic mass is 16.6. The number of hydrogen-bond donors (Lipinski definition) is 4. The van der Waals surface area contributed by atoms with Crippen LogP contribution in [-0.4, -0.2) is 56.4 Å². The Labute approximate surface area is 108 Å². The zero-order valence-corrected chi connectivity index (χ0v) is 11.9. The first-order chi connectivity index (χ1) is 7.83.